The molecule has 0 aromatic heterocycles. The van der Waals surface area contributed by atoms with E-state index in [2.05, 4.69) is 11.6 Å². The van der Waals surface area contributed by atoms with Crippen LogP contribution in [-0.2, 0) is 10.0 Å². The lowest BCUT2D eigenvalue weighted by atomic mass is 10.2. The predicted molar refractivity (Wildman–Crippen MR) is 111 cm³/mol. The van der Waals surface area contributed by atoms with Crippen LogP contribution in [0.3, 0.4) is 0 Å². The number of rotatable bonds is 10. The Morgan fingerprint density at radius 3 is 2.39 bits per heavy atom. The zero-order chi connectivity index (χ0) is 20.6. The lowest BCUT2D eigenvalue weighted by molar-refractivity contribution is 0.0762. The Labute approximate surface area is 167 Å². The summed E-state index contributed by atoms with van der Waals surface area (Å²) in [5.41, 5.74) is 0.797. The molecule has 0 atom stereocenters. The summed E-state index contributed by atoms with van der Waals surface area (Å²) in [7, 11) is -3.81. The van der Waals surface area contributed by atoms with E-state index in [0.29, 0.717) is 36.7 Å². The summed E-state index contributed by atoms with van der Waals surface area (Å²) in [6.07, 6.45) is 1.90. The molecule has 28 heavy (non-hydrogen) atoms. The number of benzene rings is 2. The Balaban J connectivity index is 2.19. The van der Waals surface area contributed by atoms with Crippen molar-refractivity contribution in [1.29, 1.82) is 0 Å². The van der Waals surface area contributed by atoms with Crippen LogP contribution in [0.5, 0.6) is 5.75 Å². The van der Waals surface area contributed by atoms with Crippen LogP contribution >= 0.6 is 0 Å². The van der Waals surface area contributed by atoms with Crippen molar-refractivity contribution in [3.05, 3.63) is 54.1 Å². The van der Waals surface area contributed by atoms with Crippen LogP contribution in [0.4, 0.5) is 5.69 Å². The standard InChI is InChI=1S/C21H28N2O4S/c1-4-7-15-23(5-2)21(24)17-9-8-10-20(16-17)28(25,26)22-18-11-13-19(14-12-18)27-6-3/h8-14,16,22H,4-7,15H2,1-3H3. The second-order valence-electron chi connectivity index (χ2n) is 6.33. The molecule has 0 saturated carbocycles. The summed E-state index contributed by atoms with van der Waals surface area (Å²) in [6, 6.07) is 12.8. The normalized spacial score (nSPS) is 11.1. The minimum absolute atomic E-state index is 0.0544. The van der Waals surface area contributed by atoms with Crippen molar-refractivity contribution in [2.75, 3.05) is 24.4 Å². The van der Waals surface area contributed by atoms with Crippen molar-refractivity contribution >= 4 is 21.6 Å². The van der Waals surface area contributed by atoms with E-state index in [-0.39, 0.29) is 10.8 Å². The number of ether oxygens (including phenoxy) is 1. The molecule has 7 heteroatoms. The predicted octanol–water partition coefficient (Wildman–Crippen LogP) is 4.15. The van der Waals surface area contributed by atoms with Crippen LogP contribution in [-0.4, -0.2) is 38.9 Å². The van der Waals surface area contributed by atoms with Gasteiger partial charge in [0.2, 0.25) is 0 Å². The number of unbranched alkanes of at least 4 members (excludes halogenated alkanes) is 1. The van der Waals surface area contributed by atoms with E-state index in [1.807, 2.05) is 13.8 Å². The molecule has 152 valence electrons. The van der Waals surface area contributed by atoms with Gasteiger partial charge in [0.25, 0.3) is 15.9 Å². The molecule has 0 spiro atoms. The summed E-state index contributed by atoms with van der Waals surface area (Å²) in [4.78, 5) is 14.5. The number of hydrogen-bond acceptors (Lipinski definition) is 4. The van der Waals surface area contributed by atoms with Crippen molar-refractivity contribution in [2.45, 2.75) is 38.5 Å². The number of amides is 1. The molecule has 2 aromatic rings. The van der Waals surface area contributed by atoms with Gasteiger partial charge in [0.15, 0.2) is 0 Å². The third-order valence-electron chi connectivity index (χ3n) is 4.26. The summed E-state index contributed by atoms with van der Waals surface area (Å²) in [5.74, 6) is 0.513. The molecule has 2 aromatic carbocycles. The maximum absolute atomic E-state index is 12.7. The van der Waals surface area contributed by atoms with Crippen LogP contribution in [0, 0.1) is 0 Å². The Hall–Kier alpha value is -2.54. The molecule has 6 nitrogen and oxygen atoms in total. The highest BCUT2D eigenvalue weighted by Crippen LogP contribution is 2.20. The number of sulfonamides is 1. The van der Waals surface area contributed by atoms with Gasteiger partial charge in [-0.2, -0.15) is 0 Å². The first-order valence-corrected chi connectivity index (χ1v) is 11.0. The zero-order valence-corrected chi connectivity index (χ0v) is 17.5. The largest absolute Gasteiger partial charge is 0.494 e. The molecule has 2 rings (SSSR count). The number of nitrogens with zero attached hydrogens (tertiary/aromatic N) is 1. The molecule has 0 unspecified atom stereocenters. The van der Waals surface area contributed by atoms with Crippen molar-refractivity contribution < 1.29 is 17.9 Å². The number of hydrogen-bond donors (Lipinski definition) is 1. The molecule has 0 saturated heterocycles. The van der Waals surface area contributed by atoms with E-state index < -0.39 is 10.0 Å². The van der Waals surface area contributed by atoms with Gasteiger partial charge in [-0.05, 0) is 62.7 Å². The Morgan fingerprint density at radius 1 is 1.07 bits per heavy atom. The Bertz CT molecular complexity index is 880. The molecule has 0 aliphatic rings. The Morgan fingerprint density at radius 2 is 1.79 bits per heavy atom. The van der Waals surface area contributed by atoms with Crippen LogP contribution in [0.1, 0.15) is 44.0 Å². The molecular formula is C21H28N2O4S. The third-order valence-corrected chi connectivity index (χ3v) is 5.64. The van der Waals surface area contributed by atoms with Gasteiger partial charge in [-0.1, -0.05) is 19.4 Å². The maximum atomic E-state index is 12.7. The Kier molecular flexibility index (Phi) is 7.87. The minimum Gasteiger partial charge on any atom is -0.494 e. The van der Waals surface area contributed by atoms with Crippen molar-refractivity contribution in [3.63, 3.8) is 0 Å². The summed E-state index contributed by atoms with van der Waals surface area (Å²) in [5, 5.41) is 0. The van der Waals surface area contributed by atoms with Crippen LogP contribution in [0.2, 0.25) is 0 Å². The minimum atomic E-state index is -3.81. The number of nitrogens with one attached hydrogen (secondary N) is 1. The van der Waals surface area contributed by atoms with Gasteiger partial charge in [-0.15, -0.1) is 0 Å². The van der Waals surface area contributed by atoms with Gasteiger partial charge in [0.1, 0.15) is 5.75 Å². The number of carbonyl (C=O) groups is 1. The van der Waals surface area contributed by atoms with Crippen LogP contribution in [0.15, 0.2) is 53.4 Å². The molecule has 0 heterocycles. The summed E-state index contributed by atoms with van der Waals surface area (Å²) >= 11 is 0. The van der Waals surface area contributed by atoms with E-state index >= 15 is 0 Å². The fraction of sp³-hybridized carbons (Fsp3) is 0.381. The molecule has 1 N–H and O–H groups in total. The SMILES string of the molecule is CCCCN(CC)C(=O)c1cccc(S(=O)(=O)Nc2ccc(OCC)cc2)c1. The van der Waals surface area contributed by atoms with Gasteiger partial charge in [-0.25, -0.2) is 8.42 Å². The van der Waals surface area contributed by atoms with Crippen molar-refractivity contribution in [3.8, 4) is 5.75 Å². The van der Waals surface area contributed by atoms with E-state index in [9.17, 15) is 13.2 Å². The average molecular weight is 405 g/mol. The molecule has 1 amide bonds. The molecule has 0 radical (unpaired) electrons. The number of anilines is 1. The zero-order valence-electron chi connectivity index (χ0n) is 16.6. The van der Waals surface area contributed by atoms with E-state index in [1.54, 1.807) is 41.3 Å². The fourth-order valence-corrected chi connectivity index (χ4v) is 3.84. The lowest BCUT2D eigenvalue weighted by Crippen LogP contribution is -2.31. The molecule has 0 fully saturated rings. The van der Waals surface area contributed by atoms with E-state index in [1.165, 1.54) is 12.1 Å². The molecular weight excluding hydrogens is 376 g/mol. The van der Waals surface area contributed by atoms with Crippen LogP contribution in [0.25, 0.3) is 0 Å². The van der Waals surface area contributed by atoms with Gasteiger partial charge < -0.3 is 9.64 Å². The second-order valence-corrected chi connectivity index (χ2v) is 8.01. The highest BCUT2D eigenvalue weighted by Gasteiger charge is 2.19. The first-order valence-electron chi connectivity index (χ1n) is 9.56. The smallest absolute Gasteiger partial charge is 0.261 e. The van der Waals surface area contributed by atoms with Gasteiger partial charge in [0.05, 0.1) is 11.5 Å². The summed E-state index contributed by atoms with van der Waals surface area (Å²) in [6.45, 7) is 7.65. The quantitative estimate of drug-likeness (QED) is 0.645. The lowest BCUT2D eigenvalue weighted by Gasteiger charge is -2.21. The van der Waals surface area contributed by atoms with Crippen molar-refractivity contribution in [1.82, 2.24) is 4.90 Å². The highest BCUT2D eigenvalue weighted by molar-refractivity contribution is 7.92. The number of carbonyl (C=O) groups excluding carboxylic acids is 1. The first kappa shape index (κ1) is 21.8. The highest BCUT2D eigenvalue weighted by atomic mass is 32.2. The first-order chi connectivity index (χ1) is 13.4. The molecule has 0 aliphatic heterocycles. The summed E-state index contributed by atoms with van der Waals surface area (Å²) < 4.78 is 33.4. The topological polar surface area (TPSA) is 75.7 Å². The monoisotopic (exact) mass is 404 g/mol. The van der Waals surface area contributed by atoms with E-state index in [0.717, 1.165) is 12.8 Å². The van der Waals surface area contributed by atoms with Crippen molar-refractivity contribution in [2.24, 2.45) is 0 Å². The van der Waals surface area contributed by atoms with Crippen LogP contribution < -0.4 is 9.46 Å². The van der Waals surface area contributed by atoms with Gasteiger partial charge in [-0.3, -0.25) is 9.52 Å². The second kappa shape index (κ2) is 10.1. The maximum Gasteiger partial charge on any atom is 0.261 e. The fourth-order valence-electron chi connectivity index (χ4n) is 2.73. The molecule has 0 bridgehead atoms. The third kappa shape index (κ3) is 5.73. The average Bonchev–Trinajstić information content (AvgIpc) is 2.70. The van der Waals surface area contributed by atoms with Gasteiger partial charge in [0, 0.05) is 24.3 Å². The molecule has 0 aliphatic carbocycles. The van der Waals surface area contributed by atoms with Gasteiger partial charge >= 0.3 is 0 Å². The van der Waals surface area contributed by atoms with E-state index in [4.69, 9.17) is 4.74 Å².